The van der Waals surface area contributed by atoms with Crippen LogP contribution in [0.15, 0.2) is 22.4 Å². The zero-order valence-electron chi connectivity index (χ0n) is 11.6. The molecule has 0 atom stereocenters. The van der Waals surface area contributed by atoms with E-state index in [4.69, 9.17) is 5.11 Å². The third kappa shape index (κ3) is 2.86. The van der Waals surface area contributed by atoms with E-state index in [0.717, 1.165) is 11.4 Å². The van der Waals surface area contributed by atoms with Crippen LogP contribution in [0.25, 0.3) is 4.96 Å². The van der Waals surface area contributed by atoms with Crippen molar-refractivity contribution >= 4 is 16.3 Å². The van der Waals surface area contributed by atoms with Gasteiger partial charge >= 0.3 is 0 Å². The summed E-state index contributed by atoms with van der Waals surface area (Å²) in [6, 6.07) is 1.53. The SMILES string of the molecule is Cc1csc2nc(Cn3cc(CCCO)nn3)cc(=O)n12. The molecule has 3 aromatic rings. The highest BCUT2D eigenvalue weighted by Gasteiger charge is 2.08. The van der Waals surface area contributed by atoms with Crippen LogP contribution in [-0.4, -0.2) is 36.1 Å². The first-order chi connectivity index (χ1) is 10.2. The van der Waals surface area contributed by atoms with Gasteiger partial charge in [-0.3, -0.25) is 9.20 Å². The van der Waals surface area contributed by atoms with E-state index in [1.807, 2.05) is 18.5 Å². The minimum Gasteiger partial charge on any atom is -0.396 e. The molecule has 7 nitrogen and oxygen atoms in total. The van der Waals surface area contributed by atoms with Crippen molar-refractivity contribution in [3.05, 3.63) is 45.1 Å². The Bertz CT molecular complexity index is 819. The molecular weight excluding hydrogens is 290 g/mol. The van der Waals surface area contributed by atoms with E-state index in [9.17, 15) is 4.79 Å². The molecule has 21 heavy (non-hydrogen) atoms. The molecule has 0 amide bonds. The lowest BCUT2D eigenvalue weighted by Gasteiger charge is -2.01. The normalized spacial score (nSPS) is 11.3. The Morgan fingerprint density at radius 3 is 3.05 bits per heavy atom. The summed E-state index contributed by atoms with van der Waals surface area (Å²) in [7, 11) is 0. The van der Waals surface area contributed by atoms with Crippen LogP contribution in [-0.2, 0) is 13.0 Å². The van der Waals surface area contributed by atoms with E-state index in [-0.39, 0.29) is 12.2 Å². The molecule has 1 N–H and O–H groups in total. The van der Waals surface area contributed by atoms with E-state index >= 15 is 0 Å². The maximum atomic E-state index is 12.1. The predicted octanol–water partition coefficient (Wildman–Crippen LogP) is 0.629. The Morgan fingerprint density at radius 2 is 2.24 bits per heavy atom. The molecule has 3 rings (SSSR count). The van der Waals surface area contributed by atoms with Crippen molar-refractivity contribution < 1.29 is 5.11 Å². The van der Waals surface area contributed by atoms with E-state index in [0.29, 0.717) is 30.0 Å². The highest BCUT2D eigenvalue weighted by molar-refractivity contribution is 7.15. The Kier molecular flexibility index (Phi) is 3.80. The first-order valence-electron chi connectivity index (χ1n) is 6.64. The van der Waals surface area contributed by atoms with Crippen molar-refractivity contribution in [3.63, 3.8) is 0 Å². The fourth-order valence-corrected chi connectivity index (χ4v) is 3.03. The number of hydrogen-bond donors (Lipinski definition) is 1. The predicted molar refractivity (Wildman–Crippen MR) is 78.6 cm³/mol. The maximum absolute atomic E-state index is 12.1. The number of aryl methyl sites for hydroxylation is 2. The number of aliphatic hydroxyl groups is 1. The number of aliphatic hydroxyl groups excluding tert-OH is 1. The fourth-order valence-electron chi connectivity index (χ4n) is 2.14. The summed E-state index contributed by atoms with van der Waals surface area (Å²) < 4.78 is 3.26. The van der Waals surface area contributed by atoms with E-state index in [2.05, 4.69) is 15.3 Å². The van der Waals surface area contributed by atoms with E-state index in [1.165, 1.54) is 17.4 Å². The molecule has 110 valence electrons. The third-order valence-electron chi connectivity index (χ3n) is 3.13. The maximum Gasteiger partial charge on any atom is 0.259 e. The van der Waals surface area contributed by atoms with Crippen molar-refractivity contribution in [1.29, 1.82) is 0 Å². The quantitative estimate of drug-likeness (QED) is 0.747. The molecule has 0 bridgehead atoms. The number of aromatic nitrogens is 5. The van der Waals surface area contributed by atoms with Crippen LogP contribution < -0.4 is 5.56 Å². The average Bonchev–Trinajstić information content (AvgIpc) is 3.04. The second-order valence-electron chi connectivity index (χ2n) is 4.82. The van der Waals surface area contributed by atoms with Gasteiger partial charge in [0.2, 0.25) is 0 Å². The largest absolute Gasteiger partial charge is 0.396 e. The van der Waals surface area contributed by atoms with Crippen molar-refractivity contribution in [2.75, 3.05) is 6.61 Å². The number of rotatable bonds is 5. The first kappa shape index (κ1) is 13.9. The summed E-state index contributed by atoms with van der Waals surface area (Å²) in [6.07, 6.45) is 3.17. The molecule has 0 spiro atoms. The molecule has 0 radical (unpaired) electrons. The summed E-state index contributed by atoms with van der Waals surface area (Å²) in [5.74, 6) is 0. The lowest BCUT2D eigenvalue weighted by molar-refractivity contribution is 0.288. The van der Waals surface area contributed by atoms with Crippen LogP contribution >= 0.6 is 11.3 Å². The fraction of sp³-hybridized carbons (Fsp3) is 0.385. The van der Waals surface area contributed by atoms with E-state index < -0.39 is 0 Å². The van der Waals surface area contributed by atoms with Gasteiger partial charge in [-0.2, -0.15) is 0 Å². The van der Waals surface area contributed by atoms with Gasteiger partial charge in [-0.15, -0.1) is 16.4 Å². The van der Waals surface area contributed by atoms with Gasteiger partial charge in [0, 0.05) is 29.9 Å². The van der Waals surface area contributed by atoms with E-state index in [1.54, 1.807) is 9.08 Å². The lowest BCUT2D eigenvalue weighted by Crippen LogP contribution is -2.16. The number of thiazole rings is 1. The van der Waals surface area contributed by atoms with Crippen molar-refractivity contribution in [1.82, 2.24) is 24.4 Å². The number of fused-ring (bicyclic) bond motifs is 1. The third-order valence-corrected chi connectivity index (χ3v) is 4.07. The van der Waals surface area contributed by atoms with Gasteiger partial charge in [-0.1, -0.05) is 5.21 Å². The Balaban J connectivity index is 1.84. The summed E-state index contributed by atoms with van der Waals surface area (Å²) in [5, 5.41) is 18.8. The van der Waals surface area contributed by atoms with Crippen LogP contribution in [0, 0.1) is 6.92 Å². The monoisotopic (exact) mass is 305 g/mol. The summed E-state index contributed by atoms with van der Waals surface area (Å²) in [6.45, 7) is 2.44. The average molecular weight is 305 g/mol. The second kappa shape index (κ2) is 5.74. The second-order valence-corrected chi connectivity index (χ2v) is 5.65. The Morgan fingerprint density at radius 1 is 1.38 bits per heavy atom. The van der Waals surface area contributed by atoms with Crippen LogP contribution in [0.3, 0.4) is 0 Å². The van der Waals surface area contributed by atoms with Crippen molar-refractivity contribution in [2.24, 2.45) is 0 Å². The molecule has 0 aliphatic carbocycles. The molecule has 8 heteroatoms. The van der Waals surface area contributed by atoms with Crippen LogP contribution in [0.1, 0.15) is 23.5 Å². The smallest absolute Gasteiger partial charge is 0.259 e. The molecule has 0 unspecified atom stereocenters. The number of nitrogens with zero attached hydrogens (tertiary/aromatic N) is 5. The van der Waals surface area contributed by atoms with Crippen LogP contribution in [0.4, 0.5) is 0 Å². The molecule has 0 fully saturated rings. The minimum atomic E-state index is -0.0747. The summed E-state index contributed by atoms with van der Waals surface area (Å²) in [4.78, 5) is 17.2. The Hall–Kier alpha value is -2.06. The van der Waals surface area contributed by atoms with Crippen LogP contribution in [0.5, 0.6) is 0 Å². The molecule has 3 aromatic heterocycles. The number of hydrogen-bond acceptors (Lipinski definition) is 6. The van der Waals surface area contributed by atoms with Gasteiger partial charge in [0.05, 0.1) is 17.9 Å². The molecule has 0 aliphatic heterocycles. The molecule has 0 saturated heterocycles. The minimum absolute atomic E-state index is 0.0747. The highest BCUT2D eigenvalue weighted by Crippen LogP contribution is 2.12. The van der Waals surface area contributed by atoms with Gasteiger partial charge in [-0.25, -0.2) is 9.67 Å². The molecule has 0 aliphatic rings. The van der Waals surface area contributed by atoms with Crippen LogP contribution in [0.2, 0.25) is 0 Å². The van der Waals surface area contributed by atoms with Crippen molar-refractivity contribution in [2.45, 2.75) is 26.3 Å². The first-order valence-corrected chi connectivity index (χ1v) is 7.52. The van der Waals surface area contributed by atoms with Gasteiger partial charge in [0.15, 0.2) is 4.96 Å². The van der Waals surface area contributed by atoms with Crippen molar-refractivity contribution in [3.8, 4) is 0 Å². The standard InChI is InChI=1S/C13H15N5O2S/c1-9-8-21-13-14-11(5-12(20)18(9)13)7-17-6-10(15-16-17)3-2-4-19/h5-6,8,19H,2-4,7H2,1H3. The van der Waals surface area contributed by atoms with Gasteiger partial charge < -0.3 is 5.11 Å². The van der Waals surface area contributed by atoms with Gasteiger partial charge in [-0.05, 0) is 19.8 Å². The topological polar surface area (TPSA) is 85.3 Å². The summed E-state index contributed by atoms with van der Waals surface area (Å²) in [5.41, 5.74) is 2.31. The highest BCUT2D eigenvalue weighted by atomic mass is 32.1. The van der Waals surface area contributed by atoms with Gasteiger partial charge in [0.1, 0.15) is 0 Å². The lowest BCUT2D eigenvalue weighted by atomic mass is 10.2. The zero-order valence-corrected chi connectivity index (χ0v) is 12.4. The summed E-state index contributed by atoms with van der Waals surface area (Å²) >= 11 is 1.45. The molecule has 3 heterocycles. The molecule has 0 aromatic carbocycles. The molecular formula is C13H15N5O2S. The molecule has 0 saturated carbocycles. The Labute approximate surface area is 124 Å². The zero-order chi connectivity index (χ0) is 14.8. The van der Waals surface area contributed by atoms with Gasteiger partial charge in [0.25, 0.3) is 5.56 Å².